The number of benzene rings is 1. The van der Waals surface area contributed by atoms with Crippen molar-refractivity contribution in [1.82, 2.24) is 20.2 Å². The number of halogens is 2. The van der Waals surface area contributed by atoms with Crippen molar-refractivity contribution in [3.05, 3.63) is 34.7 Å². The van der Waals surface area contributed by atoms with Gasteiger partial charge < -0.3 is 11.1 Å². The highest BCUT2D eigenvalue weighted by Gasteiger charge is 2.09. The van der Waals surface area contributed by atoms with Gasteiger partial charge in [0.15, 0.2) is 5.65 Å². The number of aromatic amines is 1. The van der Waals surface area contributed by atoms with E-state index in [1.54, 1.807) is 18.3 Å². The van der Waals surface area contributed by atoms with Gasteiger partial charge in [0.2, 0.25) is 5.95 Å². The third-order valence-electron chi connectivity index (χ3n) is 2.51. The number of aromatic nitrogens is 4. The third kappa shape index (κ3) is 2.22. The highest BCUT2D eigenvalue weighted by Crippen LogP contribution is 2.25. The topological polar surface area (TPSA) is 92.5 Å². The van der Waals surface area contributed by atoms with Gasteiger partial charge in [-0.2, -0.15) is 15.1 Å². The van der Waals surface area contributed by atoms with Crippen LogP contribution in [0.15, 0.2) is 28.9 Å². The number of hydrogen-bond donors (Lipinski definition) is 3. The van der Waals surface area contributed by atoms with Crippen LogP contribution in [0.5, 0.6) is 0 Å². The van der Waals surface area contributed by atoms with E-state index in [4.69, 9.17) is 5.73 Å². The quantitative estimate of drug-likeness (QED) is 0.674. The molecule has 0 spiro atoms. The van der Waals surface area contributed by atoms with Crippen molar-refractivity contribution in [1.29, 1.82) is 0 Å². The first-order valence-corrected chi connectivity index (χ1v) is 6.11. The standard InChI is InChI=1S/C11H8BrFN6/c12-7-2-1-5(3-8(7)13)16-9-6-4-15-19-10(6)18-11(14)17-9/h1-4H,(H4,14,15,16,17,18,19). The van der Waals surface area contributed by atoms with Crippen molar-refractivity contribution in [3.63, 3.8) is 0 Å². The van der Waals surface area contributed by atoms with E-state index in [-0.39, 0.29) is 11.8 Å². The molecule has 0 atom stereocenters. The Labute approximate surface area is 115 Å². The third-order valence-corrected chi connectivity index (χ3v) is 3.15. The van der Waals surface area contributed by atoms with E-state index < -0.39 is 0 Å². The Morgan fingerprint density at radius 2 is 2.16 bits per heavy atom. The molecular formula is C11H8BrFN6. The second-order valence-corrected chi connectivity index (χ2v) is 4.67. The van der Waals surface area contributed by atoms with E-state index in [1.165, 1.54) is 6.07 Å². The predicted octanol–water partition coefficient (Wildman–Crippen LogP) is 2.58. The number of nitrogens with one attached hydrogen (secondary N) is 2. The summed E-state index contributed by atoms with van der Waals surface area (Å²) >= 11 is 3.10. The van der Waals surface area contributed by atoms with E-state index in [0.29, 0.717) is 27.0 Å². The summed E-state index contributed by atoms with van der Waals surface area (Å²) in [7, 11) is 0. The summed E-state index contributed by atoms with van der Waals surface area (Å²) < 4.78 is 13.8. The highest BCUT2D eigenvalue weighted by molar-refractivity contribution is 9.10. The van der Waals surface area contributed by atoms with Gasteiger partial charge in [-0.1, -0.05) is 0 Å². The van der Waals surface area contributed by atoms with Crippen LogP contribution in [-0.2, 0) is 0 Å². The molecule has 0 aliphatic carbocycles. The Hall–Kier alpha value is -2.22. The molecule has 96 valence electrons. The second-order valence-electron chi connectivity index (χ2n) is 3.82. The zero-order valence-electron chi connectivity index (χ0n) is 9.48. The van der Waals surface area contributed by atoms with E-state index in [0.717, 1.165) is 0 Å². The van der Waals surface area contributed by atoms with Crippen molar-refractivity contribution in [2.24, 2.45) is 0 Å². The number of nitrogens with zero attached hydrogens (tertiary/aromatic N) is 3. The number of H-pyrrole nitrogens is 1. The van der Waals surface area contributed by atoms with Crippen molar-refractivity contribution in [3.8, 4) is 0 Å². The number of nitrogens with two attached hydrogens (primary N) is 1. The lowest BCUT2D eigenvalue weighted by atomic mass is 10.3. The SMILES string of the molecule is Nc1nc(Nc2ccc(Br)c(F)c2)c2cn[nH]c2n1. The monoisotopic (exact) mass is 322 g/mol. The molecule has 0 fully saturated rings. The van der Waals surface area contributed by atoms with E-state index in [9.17, 15) is 4.39 Å². The Kier molecular flexibility index (Phi) is 2.79. The van der Waals surface area contributed by atoms with Gasteiger partial charge in [0, 0.05) is 5.69 Å². The average molecular weight is 323 g/mol. The van der Waals surface area contributed by atoms with Crippen LogP contribution in [0.3, 0.4) is 0 Å². The molecule has 3 aromatic rings. The fourth-order valence-electron chi connectivity index (χ4n) is 1.66. The summed E-state index contributed by atoms with van der Waals surface area (Å²) in [6.07, 6.45) is 1.58. The lowest BCUT2D eigenvalue weighted by molar-refractivity contribution is 0.622. The van der Waals surface area contributed by atoms with Crippen LogP contribution in [0.25, 0.3) is 11.0 Å². The summed E-state index contributed by atoms with van der Waals surface area (Å²) in [5.41, 5.74) is 6.68. The molecule has 4 N–H and O–H groups in total. The Morgan fingerprint density at radius 3 is 2.95 bits per heavy atom. The van der Waals surface area contributed by atoms with Crippen LogP contribution < -0.4 is 11.1 Å². The molecule has 2 heterocycles. The molecule has 0 aliphatic rings. The maximum atomic E-state index is 13.5. The van der Waals surface area contributed by atoms with Crippen molar-refractivity contribution in [2.45, 2.75) is 0 Å². The summed E-state index contributed by atoms with van der Waals surface area (Å²) in [6.45, 7) is 0. The highest BCUT2D eigenvalue weighted by atomic mass is 79.9. The van der Waals surface area contributed by atoms with Crippen LogP contribution in [0.2, 0.25) is 0 Å². The molecule has 0 bridgehead atoms. The maximum Gasteiger partial charge on any atom is 0.224 e. The average Bonchev–Trinajstić information content (AvgIpc) is 2.82. The number of fused-ring (bicyclic) bond motifs is 1. The van der Waals surface area contributed by atoms with Crippen molar-refractivity contribution >= 4 is 44.4 Å². The van der Waals surface area contributed by atoms with Gasteiger partial charge in [0.05, 0.1) is 16.1 Å². The maximum absolute atomic E-state index is 13.5. The number of nitrogen functional groups attached to an aromatic ring is 1. The van der Waals surface area contributed by atoms with Crippen LogP contribution in [0.1, 0.15) is 0 Å². The molecule has 19 heavy (non-hydrogen) atoms. The Balaban J connectivity index is 2.04. The Bertz CT molecular complexity index is 756. The molecule has 0 amide bonds. The smallest absolute Gasteiger partial charge is 0.224 e. The largest absolute Gasteiger partial charge is 0.368 e. The summed E-state index contributed by atoms with van der Waals surface area (Å²) in [5.74, 6) is 0.213. The van der Waals surface area contributed by atoms with Crippen LogP contribution in [0.4, 0.5) is 21.8 Å². The Morgan fingerprint density at radius 1 is 1.32 bits per heavy atom. The van der Waals surface area contributed by atoms with Gasteiger partial charge in [-0.3, -0.25) is 5.10 Å². The molecule has 0 aliphatic heterocycles. The van der Waals surface area contributed by atoms with E-state index in [1.807, 2.05) is 0 Å². The van der Waals surface area contributed by atoms with Gasteiger partial charge in [-0.15, -0.1) is 0 Å². The van der Waals surface area contributed by atoms with E-state index in [2.05, 4.69) is 41.4 Å². The van der Waals surface area contributed by atoms with Crippen molar-refractivity contribution in [2.75, 3.05) is 11.1 Å². The zero-order valence-corrected chi connectivity index (χ0v) is 11.1. The fourth-order valence-corrected chi connectivity index (χ4v) is 1.90. The fraction of sp³-hybridized carbons (Fsp3) is 0. The summed E-state index contributed by atoms with van der Waals surface area (Å²) in [4.78, 5) is 8.08. The molecule has 0 unspecified atom stereocenters. The van der Waals surface area contributed by atoms with Crippen molar-refractivity contribution < 1.29 is 4.39 Å². The van der Waals surface area contributed by atoms with Gasteiger partial charge in [-0.25, -0.2) is 4.39 Å². The first-order valence-electron chi connectivity index (χ1n) is 5.32. The lowest BCUT2D eigenvalue weighted by Crippen LogP contribution is -2.01. The first-order chi connectivity index (χ1) is 9.13. The molecule has 0 saturated carbocycles. The number of anilines is 3. The summed E-state index contributed by atoms with van der Waals surface area (Å²) in [6, 6.07) is 4.68. The molecular weight excluding hydrogens is 315 g/mol. The van der Waals surface area contributed by atoms with E-state index >= 15 is 0 Å². The minimum atomic E-state index is -0.365. The molecule has 8 heteroatoms. The molecule has 6 nitrogen and oxygen atoms in total. The van der Waals surface area contributed by atoms with Gasteiger partial charge in [0.25, 0.3) is 0 Å². The van der Waals surface area contributed by atoms with Crippen LogP contribution in [-0.4, -0.2) is 20.2 Å². The second kappa shape index (κ2) is 4.47. The molecule has 0 saturated heterocycles. The normalized spacial score (nSPS) is 10.8. The molecule has 1 aromatic carbocycles. The minimum absolute atomic E-state index is 0.108. The number of rotatable bonds is 2. The summed E-state index contributed by atoms with van der Waals surface area (Å²) in [5, 5.41) is 10.2. The molecule has 3 rings (SSSR count). The minimum Gasteiger partial charge on any atom is -0.368 e. The van der Waals surface area contributed by atoms with Crippen LogP contribution >= 0.6 is 15.9 Å². The van der Waals surface area contributed by atoms with Gasteiger partial charge in [0.1, 0.15) is 11.6 Å². The molecule has 0 radical (unpaired) electrons. The van der Waals surface area contributed by atoms with Gasteiger partial charge in [-0.05, 0) is 34.1 Å². The zero-order chi connectivity index (χ0) is 13.4. The molecule has 2 aromatic heterocycles. The first kappa shape index (κ1) is 11.8. The van der Waals surface area contributed by atoms with Gasteiger partial charge >= 0.3 is 0 Å². The lowest BCUT2D eigenvalue weighted by Gasteiger charge is -2.07. The predicted molar refractivity (Wildman–Crippen MR) is 73.5 cm³/mol. The number of hydrogen-bond acceptors (Lipinski definition) is 5. The van der Waals surface area contributed by atoms with Crippen LogP contribution in [0, 0.1) is 5.82 Å².